The van der Waals surface area contributed by atoms with Crippen LogP contribution >= 0.6 is 0 Å². The number of aryl methyl sites for hydroxylation is 1. The second-order valence-corrected chi connectivity index (χ2v) is 9.28. The third-order valence-electron chi connectivity index (χ3n) is 7.05. The molecule has 2 heterocycles. The van der Waals surface area contributed by atoms with E-state index in [0.29, 0.717) is 12.2 Å². The van der Waals surface area contributed by atoms with Crippen molar-refractivity contribution in [2.24, 2.45) is 11.8 Å². The molecule has 3 aliphatic rings. The van der Waals surface area contributed by atoms with Gasteiger partial charge in [-0.05, 0) is 63.1 Å². The Labute approximate surface area is 179 Å². The number of piperidine rings is 1. The van der Waals surface area contributed by atoms with Gasteiger partial charge in [-0.25, -0.2) is 4.39 Å². The lowest BCUT2D eigenvalue weighted by molar-refractivity contribution is -0.143. The van der Waals surface area contributed by atoms with Gasteiger partial charge < -0.3 is 15.1 Å². The van der Waals surface area contributed by atoms with Crippen LogP contribution in [0.1, 0.15) is 56.9 Å². The fourth-order valence-corrected chi connectivity index (χ4v) is 5.40. The van der Waals surface area contributed by atoms with E-state index in [1.807, 2.05) is 22.8 Å². The molecule has 0 radical (unpaired) electrons. The molecule has 3 fully saturated rings. The number of halogens is 1. The zero-order valence-corrected chi connectivity index (χ0v) is 18.0. The quantitative estimate of drug-likeness (QED) is 0.817. The molecule has 1 aliphatic carbocycles. The molecule has 164 valence electrons. The van der Waals surface area contributed by atoms with E-state index in [4.69, 9.17) is 0 Å². The lowest BCUT2D eigenvalue weighted by Gasteiger charge is -2.37. The van der Waals surface area contributed by atoms with Gasteiger partial charge in [0.1, 0.15) is 5.82 Å². The second-order valence-electron chi connectivity index (χ2n) is 9.28. The number of rotatable bonds is 4. The van der Waals surface area contributed by atoms with Gasteiger partial charge in [-0.3, -0.25) is 9.59 Å². The van der Waals surface area contributed by atoms with Crippen molar-refractivity contribution in [2.75, 3.05) is 31.1 Å². The zero-order chi connectivity index (χ0) is 21.1. The number of likely N-dealkylation sites (tertiary alicyclic amines) is 1. The third-order valence-corrected chi connectivity index (χ3v) is 7.05. The largest absolute Gasteiger partial charge is 0.367 e. The molecule has 0 aromatic heterocycles. The van der Waals surface area contributed by atoms with Crippen LogP contribution in [0.2, 0.25) is 0 Å². The van der Waals surface area contributed by atoms with Crippen molar-refractivity contribution in [3.05, 3.63) is 29.6 Å². The highest BCUT2D eigenvalue weighted by atomic mass is 19.1. The van der Waals surface area contributed by atoms with Crippen molar-refractivity contribution in [3.63, 3.8) is 0 Å². The van der Waals surface area contributed by atoms with E-state index in [0.717, 1.165) is 76.6 Å². The first kappa shape index (κ1) is 21.1. The van der Waals surface area contributed by atoms with E-state index < -0.39 is 0 Å². The highest BCUT2D eigenvalue weighted by Gasteiger charge is 2.39. The lowest BCUT2D eigenvalue weighted by Crippen LogP contribution is -2.52. The first-order chi connectivity index (χ1) is 14.5. The Morgan fingerprint density at radius 2 is 1.70 bits per heavy atom. The minimum absolute atomic E-state index is 0.00405. The molecule has 4 rings (SSSR count). The Bertz CT molecular complexity index is 778. The molecule has 1 N–H and O–H groups in total. The summed E-state index contributed by atoms with van der Waals surface area (Å²) in [6.45, 7) is 5.05. The molecule has 2 saturated heterocycles. The third kappa shape index (κ3) is 4.62. The summed E-state index contributed by atoms with van der Waals surface area (Å²) >= 11 is 0. The van der Waals surface area contributed by atoms with Crippen LogP contribution in [0.5, 0.6) is 0 Å². The summed E-state index contributed by atoms with van der Waals surface area (Å²) in [5, 5.41) is 3.22. The van der Waals surface area contributed by atoms with Gasteiger partial charge in [-0.15, -0.1) is 0 Å². The first-order valence-electron chi connectivity index (χ1n) is 11.6. The van der Waals surface area contributed by atoms with E-state index in [1.165, 1.54) is 6.07 Å². The van der Waals surface area contributed by atoms with Gasteiger partial charge in [0.25, 0.3) is 0 Å². The highest BCUT2D eigenvalue weighted by Crippen LogP contribution is 2.33. The minimum Gasteiger partial charge on any atom is -0.367 e. The molecular formula is C24H34FN3O2. The van der Waals surface area contributed by atoms with E-state index in [2.05, 4.69) is 5.32 Å². The summed E-state index contributed by atoms with van der Waals surface area (Å²) in [6.07, 6.45) is 7.60. The van der Waals surface area contributed by atoms with Crippen LogP contribution in [0.25, 0.3) is 0 Å². The van der Waals surface area contributed by atoms with Crippen molar-refractivity contribution in [3.8, 4) is 0 Å². The number of nitrogens with one attached hydrogen (secondary N) is 1. The van der Waals surface area contributed by atoms with Gasteiger partial charge >= 0.3 is 0 Å². The predicted octanol–water partition coefficient (Wildman–Crippen LogP) is 3.65. The number of nitrogens with zero attached hydrogens (tertiary/aromatic N) is 2. The number of carbonyl (C=O) groups excluding carboxylic acids is 2. The highest BCUT2D eigenvalue weighted by molar-refractivity contribution is 5.88. The molecule has 2 amide bonds. The topological polar surface area (TPSA) is 52.7 Å². The number of carbonyl (C=O) groups is 2. The summed E-state index contributed by atoms with van der Waals surface area (Å²) < 4.78 is 14.4. The molecule has 1 aromatic rings. The molecule has 0 bridgehead atoms. The maximum Gasteiger partial charge on any atom is 0.226 e. The molecule has 6 heteroatoms. The number of hydrogen-bond donors (Lipinski definition) is 1. The van der Waals surface area contributed by atoms with Crippen molar-refractivity contribution in [1.29, 1.82) is 0 Å². The van der Waals surface area contributed by atoms with Crippen molar-refractivity contribution in [1.82, 2.24) is 10.2 Å². The summed E-state index contributed by atoms with van der Waals surface area (Å²) in [4.78, 5) is 30.2. The maximum absolute atomic E-state index is 14.4. The molecule has 5 nitrogen and oxygen atoms in total. The SMILES string of the molecule is Cc1ccc(F)c(N2CCCC(NC(=O)C3CCCCC3C(=O)N3CCCC3)C2)c1. The maximum atomic E-state index is 14.4. The standard InChI is InChI=1S/C24H34FN3O2/c1-17-10-11-21(25)22(15-17)28-14-6-7-18(16-28)26-23(29)19-8-2-3-9-20(19)24(30)27-12-4-5-13-27/h10-11,15,18-20H,2-9,12-14,16H2,1H3,(H,26,29). The molecule has 1 aromatic carbocycles. The summed E-state index contributed by atoms with van der Waals surface area (Å²) in [5.41, 5.74) is 1.65. The Morgan fingerprint density at radius 1 is 0.967 bits per heavy atom. The molecule has 3 unspecified atom stereocenters. The fraction of sp³-hybridized carbons (Fsp3) is 0.667. The van der Waals surface area contributed by atoms with Crippen molar-refractivity contribution in [2.45, 2.75) is 64.3 Å². The average Bonchev–Trinajstić information content (AvgIpc) is 3.30. The van der Waals surface area contributed by atoms with Gasteiger partial charge in [-0.2, -0.15) is 0 Å². The smallest absolute Gasteiger partial charge is 0.226 e. The second kappa shape index (κ2) is 9.36. The summed E-state index contributed by atoms with van der Waals surface area (Å²) in [5.74, 6) is -0.414. The average molecular weight is 416 g/mol. The van der Waals surface area contributed by atoms with E-state index >= 15 is 0 Å². The van der Waals surface area contributed by atoms with Crippen LogP contribution in [0.3, 0.4) is 0 Å². The minimum atomic E-state index is -0.224. The first-order valence-corrected chi connectivity index (χ1v) is 11.6. The zero-order valence-electron chi connectivity index (χ0n) is 18.0. The van der Waals surface area contributed by atoms with Gasteiger partial charge in [0.15, 0.2) is 0 Å². The Morgan fingerprint density at radius 3 is 2.47 bits per heavy atom. The molecular weight excluding hydrogens is 381 g/mol. The predicted molar refractivity (Wildman–Crippen MR) is 116 cm³/mol. The number of anilines is 1. The van der Waals surface area contributed by atoms with Crippen LogP contribution in [0.4, 0.5) is 10.1 Å². The normalized spacial score (nSPS) is 27.2. The van der Waals surface area contributed by atoms with E-state index in [9.17, 15) is 14.0 Å². The van der Waals surface area contributed by atoms with Crippen LogP contribution in [0, 0.1) is 24.6 Å². The Balaban J connectivity index is 1.40. The van der Waals surface area contributed by atoms with Gasteiger partial charge in [0, 0.05) is 44.1 Å². The van der Waals surface area contributed by atoms with Crippen LogP contribution in [-0.4, -0.2) is 48.9 Å². The lowest BCUT2D eigenvalue weighted by atomic mass is 9.77. The Kier molecular flexibility index (Phi) is 6.59. The molecule has 2 aliphatic heterocycles. The van der Waals surface area contributed by atoms with Crippen molar-refractivity contribution >= 4 is 17.5 Å². The van der Waals surface area contributed by atoms with Crippen LogP contribution < -0.4 is 10.2 Å². The number of benzene rings is 1. The van der Waals surface area contributed by atoms with Gasteiger partial charge in [0.2, 0.25) is 11.8 Å². The monoisotopic (exact) mass is 415 g/mol. The van der Waals surface area contributed by atoms with E-state index in [1.54, 1.807) is 6.07 Å². The van der Waals surface area contributed by atoms with Crippen LogP contribution in [0.15, 0.2) is 18.2 Å². The molecule has 30 heavy (non-hydrogen) atoms. The molecule has 1 saturated carbocycles. The summed E-state index contributed by atoms with van der Waals surface area (Å²) in [6, 6.07) is 5.17. The molecule has 3 atom stereocenters. The van der Waals surface area contributed by atoms with Gasteiger partial charge in [-0.1, -0.05) is 18.9 Å². The van der Waals surface area contributed by atoms with Crippen molar-refractivity contribution < 1.29 is 14.0 Å². The van der Waals surface area contributed by atoms with Crippen LogP contribution in [-0.2, 0) is 9.59 Å². The fourth-order valence-electron chi connectivity index (χ4n) is 5.40. The van der Waals surface area contributed by atoms with Gasteiger partial charge in [0.05, 0.1) is 5.69 Å². The number of amides is 2. The number of hydrogen-bond acceptors (Lipinski definition) is 3. The van der Waals surface area contributed by atoms with E-state index in [-0.39, 0.29) is 35.5 Å². The summed E-state index contributed by atoms with van der Waals surface area (Å²) in [7, 11) is 0. The molecule has 0 spiro atoms. The Hall–Kier alpha value is -2.11.